The molecule has 0 aliphatic heterocycles. The second-order valence-corrected chi connectivity index (χ2v) is 6.05. The van der Waals surface area contributed by atoms with Crippen LogP contribution in [0.2, 0.25) is 0 Å². The van der Waals surface area contributed by atoms with E-state index in [1.807, 2.05) is 13.8 Å². The van der Waals surface area contributed by atoms with E-state index in [9.17, 15) is 15.2 Å². The van der Waals surface area contributed by atoms with E-state index in [1.165, 1.54) is 12.1 Å². The van der Waals surface area contributed by atoms with E-state index >= 15 is 0 Å². The molecule has 0 aliphatic carbocycles. The van der Waals surface area contributed by atoms with Crippen molar-refractivity contribution in [3.63, 3.8) is 0 Å². The topological polar surface area (TPSA) is 75.4 Å². The van der Waals surface area contributed by atoms with Gasteiger partial charge in [-0.15, -0.1) is 0 Å². The monoisotopic (exact) mass is 280 g/mol. The molecule has 1 aromatic carbocycles. The number of rotatable bonds is 7. The molecule has 2 atom stereocenters. The summed E-state index contributed by atoms with van der Waals surface area (Å²) < 4.78 is 0. The molecule has 5 heteroatoms. The Hall–Kier alpha value is -1.46. The molecule has 0 amide bonds. The Labute approximate surface area is 120 Å². The minimum Gasteiger partial charge on any atom is -0.389 e. The molecule has 2 N–H and O–H groups in total. The van der Waals surface area contributed by atoms with Crippen LogP contribution in [-0.4, -0.2) is 22.2 Å². The van der Waals surface area contributed by atoms with Gasteiger partial charge in [0.15, 0.2) is 0 Å². The Morgan fingerprint density at radius 1 is 1.30 bits per heavy atom. The highest BCUT2D eigenvalue weighted by Gasteiger charge is 2.22. The van der Waals surface area contributed by atoms with Gasteiger partial charge in [0, 0.05) is 24.7 Å². The number of hydrogen-bond acceptors (Lipinski definition) is 4. The molecule has 0 saturated carbocycles. The number of hydrogen-bond donors (Lipinski definition) is 2. The molecule has 112 valence electrons. The number of nitro groups is 1. The van der Waals surface area contributed by atoms with E-state index in [2.05, 4.69) is 19.2 Å². The van der Waals surface area contributed by atoms with Crippen molar-refractivity contribution in [2.75, 3.05) is 6.54 Å². The molecule has 0 spiro atoms. The predicted octanol–water partition coefficient (Wildman–Crippen LogP) is 3.04. The molecule has 0 radical (unpaired) electrons. The number of nitrogens with one attached hydrogen (secondary N) is 1. The molecule has 20 heavy (non-hydrogen) atoms. The number of non-ortho nitro benzene ring substituents is 1. The van der Waals surface area contributed by atoms with Gasteiger partial charge in [-0.1, -0.05) is 26.0 Å². The first-order valence-corrected chi connectivity index (χ1v) is 6.91. The maximum atomic E-state index is 10.6. The highest BCUT2D eigenvalue weighted by Crippen LogP contribution is 2.20. The van der Waals surface area contributed by atoms with Gasteiger partial charge in [-0.25, -0.2) is 0 Å². The third-order valence-corrected chi connectivity index (χ3v) is 3.24. The minimum atomic E-state index is -0.747. The molecule has 0 fully saturated rings. The summed E-state index contributed by atoms with van der Waals surface area (Å²) in [4.78, 5) is 10.2. The summed E-state index contributed by atoms with van der Waals surface area (Å²) in [5.41, 5.74) is 0.312. The minimum absolute atomic E-state index is 0.0365. The number of nitrogens with zero attached hydrogens (tertiary/aromatic N) is 1. The van der Waals surface area contributed by atoms with Crippen LogP contribution in [0.4, 0.5) is 5.69 Å². The van der Waals surface area contributed by atoms with Gasteiger partial charge in [-0.3, -0.25) is 10.1 Å². The van der Waals surface area contributed by atoms with E-state index in [-0.39, 0.29) is 11.7 Å². The van der Waals surface area contributed by atoms with E-state index in [0.717, 1.165) is 12.0 Å². The molecule has 5 nitrogen and oxygen atoms in total. The molecule has 2 unspecified atom stereocenters. The molecule has 0 aromatic heterocycles. The fourth-order valence-corrected chi connectivity index (χ4v) is 2.33. The largest absolute Gasteiger partial charge is 0.389 e. The predicted molar refractivity (Wildman–Crippen MR) is 79.6 cm³/mol. The first-order chi connectivity index (χ1) is 9.21. The fourth-order valence-electron chi connectivity index (χ4n) is 2.33. The molecule has 1 aromatic rings. The van der Waals surface area contributed by atoms with Crippen molar-refractivity contribution in [1.82, 2.24) is 5.32 Å². The number of aliphatic hydroxyl groups is 1. The third kappa shape index (κ3) is 5.27. The molecule has 0 bridgehead atoms. The van der Waals surface area contributed by atoms with Gasteiger partial charge >= 0.3 is 0 Å². The van der Waals surface area contributed by atoms with Crippen LogP contribution in [0.1, 0.15) is 45.7 Å². The summed E-state index contributed by atoms with van der Waals surface area (Å²) >= 11 is 0. The van der Waals surface area contributed by atoms with Gasteiger partial charge in [0.2, 0.25) is 0 Å². The summed E-state index contributed by atoms with van der Waals surface area (Å²) in [6, 6.07) is 6.52. The van der Waals surface area contributed by atoms with Crippen LogP contribution < -0.4 is 5.32 Å². The lowest BCUT2D eigenvalue weighted by molar-refractivity contribution is -0.384. The van der Waals surface area contributed by atoms with Crippen LogP contribution in [0.5, 0.6) is 0 Å². The third-order valence-electron chi connectivity index (χ3n) is 3.24. The fraction of sp³-hybridized carbons (Fsp3) is 0.600. The van der Waals surface area contributed by atoms with Gasteiger partial charge in [-0.2, -0.15) is 0 Å². The van der Waals surface area contributed by atoms with Crippen LogP contribution in [-0.2, 0) is 0 Å². The Morgan fingerprint density at radius 3 is 2.30 bits per heavy atom. The van der Waals surface area contributed by atoms with Crippen LogP contribution in [0.15, 0.2) is 24.3 Å². The second-order valence-electron chi connectivity index (χ2n) is 6.05. The highest BCUT2D eigenvalue weighted by molar-refractivity contribution is 5.34. The van der Waals surface area contributed by atoms with Gasteiger partial charge < -0.3 is 10.4 Å². The zero-order valence-corrected chi connectivity index (χ0v) is 12.6. The zero-order valence-electron chi connectivity index (χ0n) is 12.6. The zero-order chi connectivity index (χ0) is 15.3. The normalized spacial score (nSPS) is 15.9. The molecule has 0 saturated heterocycles. The average Bonchev–Trinajstić information content (AvgIpc) is 2.34. The van der Waals surface area contributed by atoms with Gasteiger partial charge in [0.1, 0.15) is 0 Å². The molecular weight excluding hydrogens is 256 g/mol. The van der Waals surface area contributed by atoms with Crippen molar-refractivity contribution in [2.24, 2.45) is 5.92 Å². The second kappa shape index (κ2) is 6.81. The van der Waals surface area contributed by atoms with Crippen molar-refractivity contribution < 1.29 is 10.0 Å². The average molecular weight is 280 g/mol. The van der Waals surface area contributed by atoms with Crippen molar-refractivity contribution in [2.45, 2.75) is 45.8 Å². The maximum absolute atomic E-state index is 10.6. The van der Waals surface area contributed by atoms with Gasteiger partial charge in [0.05, 0.1) is 10.5 Å². The van der Waals surface area contributed by atoms with Gasteiger partial charge in [-0.05, 0) is 31.7 Å². The van der Waals surface area contributed by atoms with Crippen molar-refractivity contribution in [3.05, 3.63) is 39.9 Å². The van der Waals surface area contributed by atoms with Crippen LogP contribution in [0.3, 0.4) is 0 Å². The Kier molecular flexibility index (Phi) is 5.65. The maximum Gasteiger partial charge on any atom is 0.269 e. The summed E-state index contributed by atoms with van der Waals surface area (Å²) in [5, 5.41) is 24.1. The van der Waals surface area contributed by atoms with Crippen molar-refractivity contribution >= 4 is 5.69 Å². The lowest BCUT2D eigenvalue weighted by atomic mass is 9.94. The van der Waals surface area contributed by atoms with Crippen LogP contribution >= 0.6 is 0 Å². The lowest BCUT2D eigenvalue weighted by Gasteiger charge is -2.27. The standard InChI is InChI=1S/C15H24N2O3/c1-11(2)9-15(4,18)10-16-12(3)13-5-7-14(8-6-13)17(19)20/h5-8,11-12,16,18H,9-10H2,1-4H3. The van der Waals surface area contributed by atoms with Crippen LogP contribution in [0, 0.1) is 16.0 Å². The summed E-state index contributed by atoms with van der Waals surface area (Å²) in [5.74, 6) is 0.432. The van der Waals surface area contributed by atoms with Crippen molar-refractivity contribution in [1.29, 1.82) is 0 Å². The summed E-state index contributed by atoms with van der Waals surface area (Å²) in [6.07, 6.45) is 0.729. The quantitative estimate of drug-likeness (QED) is 0.594. The van der Waals surface area contributed by atoms with Gasteiger partial charge in [0.25, 0.3) is 5.69 Å². The Balaban J connectivity index is 2.58. The smallest absolute Gasteiger partial charge is 0.269 e. The Bertz CT molecular complexity index is 441. The first kappa shape index (κ1) is 16.6. The van der Waals surface area contributed by atoms with E-state index in [0.29, 0.717) is 12.5 Å². The van der Waals surface area contributed by atoms with E-state index in [1.54, 1.807) is 12.1 Å². The van der Waals surface area contributed by atoms with E-state index < -0.39 is 10.5 Å². The van der Waals surface area contributed by atoms with E-state index in [4.69, 9.17) is 0 Å². The Morgan fingerprint density at radius 2 is 1.85 bits per heavy atom. The van der Waals surface area contributed by atoms with Crippen molar-refractivity contribution in [3.8, 4) is 0 Å². The molecular formula is C15H24N2O3. The lowest BCUT2D eigenvalue weighted by Crippen LogP contribution is -2.39. The molecule has 0 heterocycles. The number of benzene rings is 1. The SMILES string of the molecule is CC(C)CC(C)(O)CNC(C)c1ccc([N+](=O)[O-])cc1. The highest BCUT2D eigenvalue weighted by atomic mass is 16.6. The number of nitro benzene ring substituents is 1. The summed E-state index contributed by atoms with van der Waals surface area (Å²) in [7, 11) is 0. The summed E-state index contributed by atoms with van der Waals surface area (Å²) in [6.45, 7) is 8.45. The first-order valence-electron chi connectivity index (χ1n) is 6.91. The molecule has 1 rings (SSSR count). The molecule has 0 aliphatic rings. The van der Waals surface area contributed by atoms with Crippen LogP contribution in [0.25, 0.3) is 0 Å².